The number of carbonyl (C=O) groups is 1. The summed E-state index contributed by atoms with van der Waals surface area (Å²) in [6.07, 6.45) is 5.39. The van der Waals surface area contributed by atoms with Crippen LogP contribution in [0.2, 0.25) is 0 Å². The van der Waals surface area contributed by atoms with Gasteiger partial charge in [-0.2, -0.15) is 0 Å². The fraction of sp³-hybridized carbons (Fsp3) is 0.917. The van der Waals surface area contributed by atoms with Gasteiger partial charge in [0.25, 0.3) is 0 Å². The number of likely N-dealkylation sites (tertiary alicyclic amines) is 1. The minimum atomic E-state index is -3.16. The van der Waals surface area contributed by atoms with Crippen LogP contribution in [-0.2, 0) is 14.8 Å². The van der Waals surface area contributed by atoms with E-state index in [1.165, 1.54) is 6.26 Å². The van der Waals surface area contributed by atoms with Gasteiger partial charge >= 0.3 is 0 Å². The van der Waals surface area contributed by atoms with Gasteiger partial charge in [0.1, 0.15) is 0 Å². The SMILES string of the molecule is CS(=O)(=O)NC1CCN(C(=O)C2CCCC2N)CC1. The summed E-state index contributed by atoms with van der Waals surface area (Å²) < 4.78 is 24.9. The summed E-state index contributed by atoms with van der Waals surface area (Å²) >= 11 is 0. The predicted octanol–water partition coefficient (Wildman–Crippen LogP) is -0.346. The van der Waals surface area contributed by atoms with Crippen molar-refractivity contribution in [3.05, 3.63) is 0 Å². The zero-order chi connectivity index (χ0) is 14.0. The summed E-state index contributed by atoms with van der Waals surface area (Å²) in [7, 11) is -3.16. The van der Waals surface area contributed by atoms with Crippen LogP contribution >= 0.6 is 0 Å². The first kappa shape index (κ1) is 14.7. The highest BCUT2D eigenvalue weighted by atomic mass is 32.2. The first-order chi connectivity index (χ1) is 8.87. The Labute approximate surface area is 114 Å². The third-order valence-electron chi connectivity index (χ3n) is 4.07. The monoisotopic (exact) mass is 289 g/mol. The van der Waals surface area contributed by atoms with Crippen LogP contribution < -0.4 is 10.5 Å². The Balaban J connectivity index is 1.84. The molecule has 1 amide bonds. The van der Waals surface area contributed by atoms with E-state index in [4.69, 9.17) is 5.73 Å². The predicted molar refractivity (Wildman–Crippen MR) is 72.9 cm³/mol. The van der Waals surface area contributed by atoms with E-state index in [2.05, 4.69) is 4.72 Å². The molecule has 0 aromatic rings. The Morgan fingerprint density at radius 2 is 1.84 bits per heavy atom. The van der Waals surface area contributed by atoms with E-state index < -0.39 is 10.0 Å². The summed E-state index contributed by atoms with van der Waals surface area (Å²) in [5, 5.41) is 0. The number of hydrogen-bond acceptors (Lipinski definition) is 4. The molecule has 0 aromatic heterocycles. The topological polar surface area (TPSA) is 92.5 Å². The molecule has 2 atom stereocenters. The van der Waals surface area contributed by atoms with Crippen molar-refractivity contribution in [2.45, 2.75) is 44.2 Å². The van der Waals surface area contributed by atoms with Crippen LogP contribution in [0.1, 0.15) is 32.1 Å². The zero-order valence-corrected chi connectivity index (χ0v) is 12.2. The fourth-order valence-electron chi connectivity index (χ4n) is 3.05. The lowest BCUT2D eigenvalue weighted by atomic mass is 9.99. The molecular weight excluding hydrogens is 266 g/mol. The third kappa shape index (κ3) is 3.90. The van der Waals surface area contributed by atoms with Gasteiger partial charge in [-0.05, 0) is 25.7 Å². The zero-order valence-electron chi connectivity index (χ0n) is 11.3. The van der Waals surface area contributed by atoms with Gasteiger partial charge in [0.05, 0.1) is 12.2 Å². The molecule has 3 N–H and O–H groups in total. The average Bonchev–Trinajstić information content (AvgIpc) is 2.73. The number of piperidine rings is 1. The highest BCUT2D eigenvalue weighted by molar-refractivity contribution is 7.88. The smallest absolute Gasteiger partial charge is 0.227 e. The van der Waals surface area contributed by atoms with Gasteiger partial charge in [0, 0.05) is 25.2 Å². The van der Waals surface area contributed by atoms with Crippen LogP contribution in [0, 0.1) is 5.92 Å². The number of sulfonamides is 1. The van der Waals surface area contributed by atoms with Crippen LogP contribution in [0.15, 0.2) is 0 Å². The summed E-state index contributed by atoms with van der Waals surface area (Å²) in [6, 6.07) is -0.0457. The van der Waals surface area contributed by atoms with Crippen LogP contribution in [0.25, 0.3) is 0 Å². The van der Waals surface area contributed by atoms with E-state index in [0.29, 0.717) is 25.9 Å². The first-order valence-electron chi connectivity index (χ1n) is 6.88. The second-order valence-corrected chi connectivity index (χ2v) is 7.47. The summed E-state index contributed by atoms with van der Waals surface area (Å²) in [5.41, 5.74) is 5.96. The van der Waals surface area contributed by atoms with Crippen molar-refractivity contribution in [2.24, 2.45) is 11.7 Å². The van der Waals surface area contributed by atoms with E-state index in [-0.39, 0.29) is 23.9 Å². The Morgan fingerprint density at radius 1 is 1.21 bits per heavy atom. The molecule has 2 fully saturated rings. The number of nitrogens with one attached hydrogen (secondary N) is 1. The highest BCUT2D eigenvalue weighted by Gasteiger charge is 2.34. The molecule has 0 aromatic carbocycles. The molecule has 0 bridgehead atoms. The van der Waals surface area contributed by atoms with Gasteiger partial charge in [-0.15, -0.1) is 0 Å². The molecule has 6 nitrogen and oxygen atoms in total. The van der Waals surface area contributed by atoms with Gasteiger partial charge in [0.15, 0.2) is 0 Å². The summed E-state index contributed by atoms with van der Waals surface area (Å²) in [5.74, 6) is 0.127. The van der Waals surface area contributed by atoms with Crippen molar-refractivity contribution in [3.8, 4) is 0 Å². The maximum absolute atomic E-state index is 12.3. The van der Waals surface area contributed by atoms with Crippen molar-refractivity contribution in [3.63, 3.8) is 0 Å². The fourth-order valence-corrected chi connectivity index (χ4v) is 3.89. The van der Waals surface area contributed by atoms with Crippen molar-refractivity contribution in [1.29, 1.82) is 0 Å². The van der Waals surface area contributed by atoms with Crippen molar-refractivity contribution in [1.82, 2.24) is 9.62 Å². The van der Waals surface area contributed by atoms with Gasteiger partial charge in [-0.3, -0.25) is 4.79 Å². The standard InChI is InChI=1S/C12H23N3O3S/c1-19(17,18)14-9-5-7-15(8-6-9)12(16)10-3-2-4-11(10)13/h9-11,14H,2-8,13H2,1H3. The summed E-state index contributed by atoms with van der Waals surface area (Å²) in [6.45, 7) is 1.24. The van der Waals surface area contributed by atoms with E-state index >= 15 is 0 Å². The normalized spacial score (nSPS) is 29.7. The van der Waals surface area contributed by atoms with Crippen LogP contribution in [0.4, 0.5) is 0 Å². The van der Waals surface area contributed by atoms with Gasteiger partial charge in [-0.25, -0.2) is 13.1 Å². The lowest BCUT2D eigenvalue weighted by molar-refractivity contribution is -0.136. The Morgan fingerprint density at radius 3 is 2.32 bits per heavy atom. The largest absolute Gasteiger partial charge is 0.342 e. The molecule has 1 saturated carbocycles. The molecule has 7 heteroatoms. The highest BCUT2D eigenvalue weighted by Crippen LogP contribution is 2.27. The molecule has 1 saturated heterocycles. The number of nitrogens with two attached hydrogens (primary N) is 1. The van der Waals surface area contributed by atoms with Crippen LogP contribution in [-0.4, -0.2) is 50.7 Å². The quantitative estimate of drug-likeness (QED) is 0.743. The van der Waals surface area contributed by atoms with Gasteiger partial charge < -0.3 is 10.6 Å². The second kappa shape index (κ2) is 5.76. The average molecular weight is 289 g/mol. The molecule has 1 aliphatic carbocycles. The first-order valence-corrected chi connectivity index (χ1v) is 8.77. The molecule has 0 spiro atoms. The van der Waals surface area contributed by atoms with E-state index in [1.807, 2.05) is 4.90 Å². The molecule has 0 radical (unpaired) electrons. The lowest BCUT2D eigenvalue weighted by Crippen LogP contribution is -2.49. The molecule has 2 rings (SSSR count). The molecule has 1 aliphatic heterocycles. The third-order valence-corrected chi connectivity index (χ3v) is 4.84. The number of hydrogen-bond donors (Lipinski definition) is 2. The maximum atomic E-state index is 12.3. The van der Waals surface area contributed by atoms with Crippen molar-refractivity contribution in [2.75, 3.05) is 19.3 Å². The number of nitrogens with zero attached hydrogens (tertiary/aromatic N) is 1. The molecule has 1 heterocycles. The lowest BCUT2D eigenvalue weighted by Gasteiger charge is -2.34. The van der Waals surface area contributed by atoms with E-state index in [1.54, 1.807) is 0 Å². The Hall–Kier alpha value is -0.660. The van der Waals surface area contributed by atoms with Gasteiger partial charge in [0.2, 0.25) is 15.9 Å². The molecule has 19 heavy (non-hydrogen) atoms. The van der Waals surface area contributed by atoms with Crippen molar-refractivity contribution >= 4 is 15.9 Å². The molecule has 2 unspecified atom stereocenters. The number of carbonyl (C=O) groups excluding carboxylic acids is 1. The summed E-state index contributed by atoms with van der Waals surface area (Å²) in [4.78, 5) is 14.2. The van der Waals surface area contributed by atoms with E-state index in [9.17, 15) is 13.2 Å². The van der Waals surface area contributed by atoms with Gasteiger partial charge in [-0.1, -0.05) is 6.42 Å². The second-order valence-electron chi connectivity index (χ2n) is 5.69. The number of amides is 1. The minimum absolute atomic E-state index is 0.000585. The Bertz CT molecular complexity index is 430. The minimum Gasteiger partial charge on any atom is -0.342 e. The Kier molecular flexibility index (Phi) is 4.47. The number of rotatable bonds is 3. The maximum Gasteiger partial charge on any atom is 0.227 e. The molecule has 2 aliphatic rings. The van der Waals surface area contributed by atoms with E-state index in [0.717, 1.165) is 19.3 Å². The molecular formula is C12H23N3O3S. The van der Waals surface area contributed by atoms with Crippen LogP contribution in [0.5, 0.6) is 0 Å². The van der Waals surface area contributed by atoms with Crippen LogP contribution in [0.3, 0.4) is 0 Å². The molecule has 110 valence electrons. The van der Waals surface area contributed by atoms with Crippen molar-refractivity contribution < 1.29 is 13.2 Å².